The van der Waals surface area contributed by atoms with Gasteiger partial charge in [-0.05, 0) is 29.3 Å². The molecule has 6 nitrogen and oxygen atoms in total. The molecular formula is C38H43NO5S. The smallest absolute Gasteiger partial charge is 0.115 e. The summed E-state index contributed by atoms with van der Waals surface area (Å²) >= 11 is 1.92. The van der Waals surface area contributed by atoms with Crippen LogP contribution in [0.5, 0.6) is 0 Å². The summed E-state index contributed by atoms with van der Waals surface area (Å²) in [5.74, 6) is 1.05. The number of likely N-dealkylation sites (N-methyl/N-ethyl adjacent to an activating group) is 1. The average Bonchev–Trinajstić information content (AvgIpc) is 3.53. The summed E-state index contributed by atoms with van der Waals surface area (Å²) in [5.41, 5.74) is 4.44. The second kappa shape index (κ2) is 16.5. The Balaban J connectivity index is 1.31. The van der Waals surface area contributed by atoms with Crippen molar-refractivity contribution in [1.82, 2.24) is 4.90 Å². The van der Waals surface area contributed by atoms with Gasteiger partial charge < -0.3 is 23.7 Å². The minimum absolute atomic E-state index is 0.125. The maximum absolute atomic E-state index is 7.05. The lowest BCUT2D eigenvalue weighted by Gasteiger charge is -2.48. The third-order valence-corrected chi connectivity index (χ3v) is 9.76. The Morgan fingerprint density at radius 3 is 1.51 bits per heavy atom. The number of thioether (sulfide) groups is 1. The van der Waals surface area contributed by atoms with Crippen LogP contribution < -0.4 is 0 Å². The van der Waals surface area contributed by atoms with Gasteiger partial charge in [-0.15, -0.1) is 11.8 Å². The molecule has 0 amide bonds. The van der Waals surface area contributed by atoms with E-state index >= 15 is 0 Å². The second-order valence-corrected chi connectivity index (χ2v) is 12.9. The molecule has 2 saturated heterocycles. The van der Waals surface area contributed by atoms with E-state index in [1.54, 1.807) is 0 Å². The number of rotatable bonds is 14. The standard InChI is InChI=1S/C38H43NO5S/c1-39-22-23-45-38(39)37-36(43-27-32-20-12-5-13-21-32)35(42-26-31-18-10-4-11-19-31)34(41-25-30-16-8-3-9-17-30)33(44-37)28-40-24-29-14-6-2-7-15-29/h2-21,33-38H,22-28H2,1H3/t33-,34-,35+,36-,37+,38?/m1/s1. The molecule has 0 aromatic heterocycles. The van der Waals surface area contributed by atoms with Crippen molar-refractivity contribution >= 4 is 11.8 Å². The molecule has 0 saturated carbocycles. The Hall–Kier alpha value is -3.01. The van der Waals surface area contributed by atoms with Gasteiger partial charge in [-0.1, -0.05) is 121 Å². The molecule has 2 aliphatic rings. The number of hydrogen-bond donors (Lipinski definition) is 0. The Kier molecular flexibility index (Phi) is 11.7. The van der Waals surface area contributed by atoms with Crippen LogP contribution in [-0.4, -0.2) is 66.7 Å². The van der Waals surface area contributed by atoms with E-state index < -0.39 is 12.2 Å². The number of nitrogens with zero attached hydrogens (tertiary/aromatic N) is 1. The predicted molar refractivity (Wildman–Crippen MR) is 179 cm³/mol. The molecule has 6 atom stereocenters. The zero-order chi connectivity index (χ0) is 30.7. The molecule has 0 bridgehead atoms. The van der Waals surface area contributed by atoms with Gasteiger partial charge in [0.1, 0.15) is 30.5 Å². The Morgan fingerprint density at radius 2 is 1.04 bits per heavy atom. The van der Waals surface area contributed by atoms with Gasteiger partial charge in [-0.25, -0.2) is 0 Å². The zero-order valence-electron chi connectivity index (χ0n) is 25.9. The van der Waals surface area contributed by atoms with E-state index in [0.717, 1.165) is 34.6 Å². The highest BCUT2D eigenvalue weighted by Crippen LogP contribution is 2.38. The van der Waals surface area contributed by atoms with E-state index in [0.29, 0.717) is 33.0 Å². The van der Waals surface area contributed by atoms with E-state index in [-0.39, 0.29) is 23.7 Å². The number of hydrogen-bond acceptors (Lipinski definition) is 7. The first-order valence-electron chi connectivity index (χ1n) is 15.8. The molecule has 0 radical (unpaired) electrons. The van der Waals surface area contributed by atoms with Gasteiger partial charge >= 0.3 is 0 Å². The van der Waals surface area contributed by atoms with Crippen molar-refractivity contribution in [2.45, 2.75) is 62.3 Å². The van der Waals surface area contributed by atoms with Crippen LogP contribution in [0.15, 0.2) is 121 Å². The van der Waals surface area contributed by atoms with Crippen LogP contribution in [0.1, 0.15) is 22.3 Å². The van der Waals surface area contributed by atoms with E-state index in [1.165, 1.54) is 0 Å². The van der Waals surface area contributed by atoms with Crippen molar-refractivity contribution in [3.63, 3.8) is 0 Å². The van der Waals surface area contributed by atoms with Gasteiger partial charge in [0.15, 0.2) is 0 Å². The van der Waals surface area contributed by atoms with Crippen LogP contribution in [0, 0.1) is 0 Å². The predicted octanol–water partition coefficient (Wildman–Crippen LogP) is 6.73. The fraction of sp³-hybridized carbons (Fsp3) is 0.368. The monoisotopic (exact) mass is 625 g/mol. The SMILES string of the molecule is CN1CCSC1[C@H]1O[C@H](COCc2ccccc2)[C@@H](OCc2ccccc2)[C@H](OCc2ccccc2)[C@H]1OCc1ccccc1. The van der Waals surface area contributed by atoms with Crippen LogP contribution >= 0.6 is 11.8 Å². The van der Waals surface area contributed by atoms with Crippen LogP contribution in [0.3, 0.4) is 0 Å². The first-order chi connectivity index (χ1) is 22.2. The lowest BCUT2D eigenvalue weighted by atomic mass is 9.93. The van der Waals surface area contributed by atoms with Crippen LogP contribution in [0.2, 0.25) is 0 Å². The fourth-order valence-electron chi connectivity index (χ4n) is 5.97. The van der Waals surface area contributed by atoms with Crippen molar-refractivity contribution in [3.05, 3.63) is 144 Å². The fourth-order valence-corrected chi connectivity index (χ4v) is 7.38. The highest BCUT2D eigenvalue weighted by molar-refractivity contribution is 8.00. The summed E-state index contributed by atoms with van der Waals surface area (Å²) in [6, 6.07) is 41.1. The molecule has 0 N–H and O–H groups in total. The second-order valence-electron chi connectivity index (χ2n) is 11.7. The number of ether oxygens (including phenoxy) is 5. The largest absolute Gasteiger partial charge is 0.374 e. The van der Waals surface area contributed by atoms with Crippen molar-refractivity contribution in [1.29, 1.82) is 0 Å². The van der Waals surface area contributed by atoms with Crippen molar-refractivity contribution in [3.8, 4) is 0 Å². The van der Waals surface area contributed by atoms with Gasteiger partial charge in [0.05, 0.1) is 38.4 Å². The summed E-state index contributed by atoms with van der Waals surface area (Å²) in [4.78, 5) is 2.37. The van der Waals surface area contributed by atoms with Gasteiger partial charge in [0, 0.05) is 12.3 Å². The molecule has 4 aromatic rings. The summed E-state index contributed by atoms with van der Waals surface area (Å²) in [7, 11) is 2.17. The summed E-state index contributed by atoms with van der Waals surface area (Å²) in [6.45, 7) is 3.21. The highest BCUT2D eigenvalue weighted by Gasteiger charge is 2.52. The number of benzene rings is 4. The van der Waals surface area contributed by atoms with E-state index in [9.17, 15) is 0 Å². The molecule has 236 valence electrons. The topological polar surface area (TPSA) is 49.4 Å². The Bertz CT molecular complexity index is 1400. The van der Waals surface area contributed by atoms with Crippen LogP contribution in [-0.2, 0) is 50.1 Å². The minimum Gasteiger partial charge on any atom is -0.374 e. The van der Waals surface area contributed by atoms with Gasteiger partial charge in [-0.2, -0.15) is 0 Å². The van der Waals surface area contributed by atoms with Crippen LogP contribution in [0.25, 0.3) is 0 Å². The summed E-state index contributed by atoms with van der Waals surface area (Å²) in [5, 5.41) is 0.125. The van der Waals surface area contributed by atoms with Crippen molar-refractivity contribution in [2.24, 2.45) is 0 Å². The van der Waals surface area contributed by atoms with Crippen molar-refractivity contribution in [2.75, 3.05) is 26.0 Å². The molecule has 2 heterocycles. The van der Waals surface area contributed by atoms with E-state index in [4.69, 9.17) is 23.7 Å². The van der Waals surface area contributed by atoms with Crippen LogP contribution in [0.4, 0.5) is 0 Å². The first-order valence-corrected chi connectivity index (χ1v) is 16.8. The molecule has 4 aromatic carbocycles. The molecule has 0 spiro atoms. The molecule has 1 unspecified atom stereocenters. The molecule has 2 fully saturated rings. The van der Waals surface area contributed by atoms with E-state index in [1.807, 2.05) is 84.6 Å². The molecule has 2 aliphatic heterocycles. The molecule has 0 aliphatic carbocycles. The Labute approximate surface area is 271 Å². The zero-order valence-corrected chi connectivity index (χ0v) is 26.7. The summed E-state index contributed by atoms with van der Waals surface area (Å²) in [6.07, 6.45) is -1.77. The van der Waals surface area contributed by atoms with Crippen molar-refractivity contribution < 1.29 is 23.7 Å². The third kappa shape index (κ3) is 8.83. The molecule has 45 heavy (non-hydrogen) atoms. The third-order valence-electron chi connectivity index (χ3n) is 8.37. The maximum Gasteiger partial charge on any atom is 0.115 e. The van der Waals surface area contributed by atoms with Gasteiger partial charge in [0.2, 0.25) is 0 Å². The maximum atomic E-state index is 7.05. The molecule has 7 heteroatoms. The quantitative estimate of drug-likeness (QED) is 0.154. The highest BCUT2D eigenvalue weighted by atomic mass is 32.2. The summed E-state index contributed by atoms with van der Waals surface area (Å²) < 4.78 is 33.9. The molecular weight excluding hydrogens is 582 g/mol. The molecule has 6 rings (SSSR count). The van der Waals surface area contributed by atoms with Gasteiger partial charge in [0.25, 0.3) is 0 Å². The average molecular weight is 626 g/mol. The lowest BCUT2D eigenvalue weighted by molar-refractivity contribution is -0.276. The Morgan fingerprint density at radius 1 is 0.600 bits per heavy atom. The van der Waals surface area contributed by atoms with Gasteiger partial charge in [-0.3, -0.25) is 4.90 Å². The lowest BCUT2D eigenvalue weighted by Crippen LogP contribution is -2.64. The first kappa shape index (κ1) is 32.0. The minimum atomic E-state index is -0.418. The van der Waals surface area contributed by atoms with E-state index in [2.05, 4.69) is 60.5 Å². The normalized spacial score (nSPS) is 25.4.